The summed E-state index contributed by atoms with van der Waals surface area (Å²) in [5, 5.41) is 0. The number of halogens is 2. The van der Waals surface area contributed by atoms with Crippen molar-refractivity contribution in [3.63, 3.8) is 0 Å². The third-order valence-corrected chi connectivity index (χ3v) is 1.29. The number of ether oxygens (including phenoxy) is 3. The topological polar surface area (TPSA) is 59.2 Å². The standard InChI is InChI=1S/C6H14O.C4H8O2.C2H4Cl2.H2O/c1-5(2)7-6(3)4;1-2-6-4-3-5-1;1-2(3)4;/h5-6H,1-4H3;1-4H2;2H,1H3;1H2. The predicted molar refractivity (Wildman–Crippen MR) is 77.8 cm³/mol. The minimum Gasteiger partial charge on any atom is -0.412 e. The van der Waals surface area contributed by atoms with Crippen molar-refractivity contribution in [2.45, 2.75) is 51.7 Å². The van der Waals surface area contributed by atoms with Gasteiger partial charge in [0.05, 0.1) is 38.6 Å². The van der Waals surface area contributed by atoms with Crippen LogP contribution in [0.4, 0.5) is 0 Å². The molecule has 1 aliphatic rings. The average molecular weight is 307 g/mol. The molecule has 0 aromatic carbocycles. The van der Waals surface area contributed by atoms with Gasteiger partial charge in [0.2, 0.25) is 0 Å². The van der Waals surface area contributed by atoms with Crippen LogP contribution in [0.3, 0.4) is 0 Å². The molecule has 2 N–H and O–H groups in total. The Kier molecular flexibility index (Phi) is 22.8. The Labute approximate surface area is 121 Å². The Hall–Kier alpha value is 0.420. The Morgan fingerprint density at radius 1 is 0.778 bits per heavy atom. The van der Waals surface area contributed by atoms with Gasteiger partial charge < -0.3 is 19.7 Å². The molecule has 4 nitrogen and oxygen atoms in total. The summed E-state index contributed by atoms with van der Waals surface area (Å²) >= 11 is 10.1. The highest BCUT2D eigenvalue weighted by atomic mass is 35.5. The summed E-state index contributed by atoms with van der Waals surface area (Å²) in [6, 6.07) is 0. The zero-order valence-corrected chi connectivity index (χ0v) is 13.6. The van der Waals surface area contributed by atoms with Crippen molar-refractivity contribution in [3.05, 3.63) is 0 Å². The molecule has 0 unspecified atom stereocenters. The zero-order valence-electron chi connectivity index (χ0n) is 12.0. The van der Waals surface area contributed by atoms with E-state index in [1.54, 1.807) is 6.92 Å². The van der Waals surface area contributed by atoms with Crippen molar-refractivity contribution >= 4 is 23.2 Å². The third kappa shape index (κ3) is 36.0. The fraction of sp³-hybridized carbons (Fsp3) is 1.00. The lowest BCUT2D eigenvalue weighted by Crippen LogP contribution is -2.16. The summed E-state index contributed by atoms with van der Waals surface area (Å²) in [5.41, 5.74) is 0. The van der Waals surface area contributed by atoms with Gasteiger partial charge in [0.1, 0.15) is 4.84 Å². The van der Waals surface area contributed by atoms with Gasteiger partial charge in [-0.3, -0.25) is 0 Å². The number of alkyl halides is 2. The Morgan fingerprint density at radius 3 is 1.06 bits per heavy atom. The molecule has 1 aliphatic heterocycles. The molecule has 1 fully saturated rings. The smallest absolute Gasteiger partial charge is 0.105 e. The highest BCUT2D eigenvalue weighted by Gasteiger charge is 1.94. The summed E-state index contributed by atoms with van der Waals surface area (Å²) in [6.45, 7) is 13.0. The van der Waals surface area contributed by atoms with Crippen molar-refractivity contribution in [3.8, 4) is 0 Å². The molecule has 0 amide bonds. The lowest BCUT2D eigenvalue weighted by molar-refractivity contribution is -0.0334. The van der Waals surface area contributed by atoms with Gasteiger partial charge in [-0.1, -0.05) is 0 Å². The number of hydrogen-bond donors (Lipinski definition) is 0. The van der Waals surface area contributed by atoms with Gasteiger partial charge in [-0.15, -0.1) is 23.2 Å². The highest BCUT2D eigenvalue weighted by Crippen LogP contribution is 1.95. The molecule has 1 rings (SSSR count). The second kappa shape index (κ2) is 17.4. The van der Waals surface area contributed by atoms with E-state index >= 15 is 0 Å². The van der Waals surface area contributed by atoms with E-state index < -0.39 is 0 Å². The first-order chi connectivity index (χ1) is 7.86. The van der Waals surface area contributed by atoms with E-state index in [-0.39, 0.29) is 10.3 Å². The largest absolute Gasteiger partial charge is 0.412 e. The van der Waals surface area contributed by atoms with Gasteiger partial charge in [-0.25, -0.2) is 0 Å². The number of rotatable bonds is 2. The van der Waals surface area contributed by atoms with Crippen LogP contribution in [0, 0.1) is 0 Å². The maximum absolute atomic E-state index is 5.25. The first kappa shape index (κ1) is 23.5. The van der Waals surface area contributed by atoms with Crippen LogP contribution < -0.4 is 0 Å². The molecule has 0 aromatic heterocycles. The van der Waals surface area contributed by atoms with Crippen molar-refractivity contribution < 1.29 is 19.7 Å². The monoisotopic (exact) mass is 306 g/mol. The molecule has 1 saturated heterocycles. The molecule has 6 heteroatoms. The Balaban J connectivity index is -0.000000189. The molecule has 0 saturated carbocycles. The van der Waals surface area contributed by atoms with Crippen molar-refractivity contribution in [1.82, 2.24) is 0 Å². The van der Waals surface area contributed by atoms with Crippen LogP contribution in [0.15, 0.2) is 0 Å². The molecule has 18 heavy (non-hydrogen) atoms. The van der Waals surface area contributed by atoms with E-state index in [0.717, 1.165) is 26.4 Å². The van der Waals surface area contributed by atoms with Gasteiger partial charge in [-0.2, -0.15) is 0 Å². The molecule has 0 spiro atoms. The summed E-state index contributed by atoms with van der Waals surface area (Å²) < 4.78 is 15.1. The molecule has 1 heterocycles. The normalized spacial score (nSPS) is 14.3. The van der Waals surface area contributed by atoms with Crippen LogP contribution in [0.5, 0.6) is 0 Å². The van der Waals surface area contributed by atoms with E-state index in [0.29, 0.717) is 12.2 Å². The van der Waals surface area contributed by atoms with E-state index in [9.17, 15) is 0 Å². The molecular formula is C12H28Cl2O4. The summed E-state index contributed by atoms with van der Waals surface area (Å²) in [6.07, 6.45) is 0.750. The van der Waals surface area contributed by atoms with Crippen molar-refractivity contribution in [1.29, 1.82) is 0 Å². The van der Waals surface area contributed by atoms with Crippen LogP contribution in [0.25, 0.3) is 0 Å². The van der Waals surface area contributed by atoms with E-state index in [4.69, 9.17) is 37.4 Å². The zero-order chi connectivity index (χ0) is 13.7. The maximum atomic E-state index is 5.25. The van der Waals surface area contributed by atoms with Gasteiger partial charge in [0.25, 0.3) is 0 Å². The first-order valence-electron chi connectivity index (χ1n) is 5.95. The van der Waals surface area contributed by atoms with E-state index in [1.807, 2.05) is 27.7 Å². The first-order valence-corrected chi connectivity index (χ1v) is 6.82. The van der Waals surface area contributed by atoms with Gasteiger partial charge in [0, 0.05) is 0 Å². The lowest BCUT2D eigenvalue weighted by atomic mass is 10.4. The van der Waals surface area contributed by atoms with Gasteiger partial charge >= 0.3 is 0 Å². The SMILES string of the molecule is C1COCCO1.CC(C)OC(C)C.CC(Cl)Cl.O. The van der Waals surface area contributed by atoms with Crippen LogP contribution >= 0.6 is 23.2 Å². The maximum Gasteiger partial charge on any atom is 0.105 e. The third-order valence-electron chi connectivity index (χ3n) is 1.29. The van der Waals surface area contributed by atoms with Crippen molar-refractivity contribution in [2.24, 2.45) is 0 Å². The van der Waals surface area contributed by atoms with Crippen LogP contribution in [-0.4, -0.2) is 48.9 Å². The summed E-state index contributed by atoms with van der Waals surface area (Å²) in [4.78, 5) is -0.222. The molecule has 0 atom stereocenters. The second-order valence-corrected chi connectivity index (χ2v) is 5.51. The quantitative estimate of drug-likeness (QED) is 0.737. The summed E-state index contributed by atoms with van der Waals surface area (Å²) in [7, 11) is 0. The second-order valence-electron chi connectivity index (χ2n) is 3.98. The molecule has 114 valence electrons. The fourth-order valence-corrected chi connectivity index (χ4v) is 0.984. The Morgan fingerprint density at radius 2 is 1.00 bits per heavy atom. The van der Waals surface area contributed by atoms with Crippen LogP contribution in [-0.2, 0) is 14.2 Å². The highest BCUT2D eigenvalue weighted by molar-refractivity contribution is 6.43. The number of hydrogen-bond acceptors (Lipinski definition) is 3. The van der Waals surface area contributed by atoms with Gasteiger partial charge in [-0.05, 0) is 34.6 Å². The van der Waals surface area contributed by atoms with E-state index in [1.165, 1.54) is 0 Å². The fourth-order valence-electron chi connectivity index (χ4n) is 0.984. The molecule has 0 aromatic rings. The minimum atomic E-state index is -0.222. The van der Waals surface area contributed by atoms with Gasteiger partial charge in [0.15, 0.2) is 0 Å². The average Bonchev–Trinajstić information content (AvgIpc) is 2.18. The Bertz CT molecular complexity index is 120. The minimum absolute atomic E-state index is 0. The van der Waals surface area contributed by atoms with Crippen LogP contribution in [0.1, 0.15) is 34.6 Å². The lowest BCUT2D eigenvalue weighted by Gasteiger charge is -2.09. The molecular weight excluding hydrogens is 279 g/mol. The molecule has 0 bridgehead atoms. The van der Waals surface area contributed by atoms with E-state index in [2.05, 4.69) is 0 Å². The molecule has 0 aliphatic carbocycles. The van der Waals surface area contributed by atoms with Crippen molar-refractivity contribution in [2.75, 3.05) is 26.4 Å². The molecule has 0 radical (unpaired) electrons. The van der Waals surface area contributed by atoms with Crippen LogP contribution in [0.2, 0.25) is 0 Å². The predicted octanol–water partition coefficient (Wildman–Crippen LogP) is 2.84. The summed E-state index contributed by atoms with van der Waals surface area (Å²) in [5.74, 6) is 0.